The topological polar surface area (TPSA) is 83.1 Å². The number of carbonyl (C=O) groups is 2. The van der Waals surface area contributed by atoms with Gasteiger partial charge in [0, 0.05) is 13.1 Å². The first kappa shape index (κ1) is 15.7. The van der Waals surface area contributed by atoms with E-state index >= 15 is 0 Å². The lowest BCUT2D eigenvalue weighted by atomic mass is 10.1. The summed E-state index contributed by atoms with van der Waals surface area (Å²) in [7, 11) is 2.99. The van der Waals surface area contributed by atoms with E-state index in [-0.39, 0.29) is 12.5 Å². The van der Waals surface area contributed by atoms with Gasteiger partial charge < -0.3 is 24.3 Å². The fraction of sp³-hybridized carbons (Fsp3) is 0.333. The van der Waals surface area contributed by atoms with Crippen LogP contribution in [0, 0.1) is 0 Å². The van der Waals surface area contributed by atoms with Gasteiger partial charge in [-0.2, -0.15) is 0 Å². The average molecular weight is 307 g/mol. The van der Waals surface area contributed by atoms with E-state index in [2.05, 4.69) is 5.32 Å². The van der Waals surface area contributed by atoms with E-state index in [4.69, 9.17) is 18.9 Å². The highest BCUT2D eigenvalue weighted by molar-refractivity contribution is 5.89. The number of esters is 1. The van der Waals surface area contributed by atoms with Gasteiger partial charge in [0.1, 0.15) is 13.2 Å². The number of carbonyl (C=O) groups excluding carboxylic acids is 2. The summed E-state index contributed by atoms with van der Waals surface area (Å²) in [6.07, 6.45) is 2.78. The minimum absolute atomic E-state index is 0.315. The van der Waals surface area contributed by atoms with Gasteiger partial charge in [-0.25, -0.2) is 4.79 Å². The van der Waals surface area contributed by atoms with Crippen LogP contribution in [0.3, 0.4) is 0 Å². The summed E-state index contributed by atoms with van der Waals surface area (Å²) >= 11 is 0. The number of methoxy groups -OCH3 is 1. The summed E-state index contributed by atoms with van der Waals surface area (Å²) in [4.78, 5) is 22.5. The molecule has 0 aliphatic carbocycles. The second kappa shape index (κ2) is 7.35. The summed E-state index contributed by atoms with van der Waals surface area (Å²) in [5.74, 6) is 0.646. The summed E-state index contributed by atoms with van der Waals surface area (Å²) < 4.78 is 21.0. The molecule has 7 heteroatoms. The van der Waals surface area contributed by atoms with Crippen molar-refractivity contribution < 1.29 is 28.5 Å². The van der Waals surface area contributed by atoms with Gasteiger partial charge in [0.15, 0.2) is 18.1 Å². The molecule has 0 unspecified atom stereocenters. The first-order valence-electron chi connectivity index (χ1n) is 6.67. The second-order valence-electron chi connectivity index (χ2n) is 4.36. The largest absolute Gasteiger partial charge is 0.493 e. The molecule has 0 fully saturated rings. The molecule has 118 valence electrons. The number of hydrogen-bond donors (Lipinski definition) is 1. The van der Waals surface area contributed by atoms with E-state index in [1.54, 1.807) is 18.2 Å². The Hall–Kier alpha value is -2.70. The number of fused-ring (bicyclic) bond motifs is 1. The Morgan fingerprint density at radius 1 is 1.32 bits per heavy atom. The van der Waals surface area contributed by atoms with Gasteiger partial charge >= 0.3 is 5.97 Å². The van der Waals surface area contributed by atoms with Crippen LogP contribution in [0.4, 0.5) is 0 Å². The van der Waals surface area contributed by atoms with Crippen molar-refractivity contribution in [1.29, 1.82) is 0 Å². The lowest BCUT2D eigenvalue weighted by molar-refractivity contribution is -0.143. The Kier molecular flexibility index (Phi) is 5.24. The monoisotopic (exact) mass is 307 g/mol. The normalized spacial score (nSPS) is 12.8. The highest BCUT2D eigenvalue weighted by Gasteiger charge is 2.17. The lowest BCUT2D eigenvalue weighted by Crippen LogP contribution is -2.24. The van der Waals surface area contributed by atoms with E-state index in [9.17, 15) is 9.59 Å². The predicted octanol–water partition coefficient (Wildman–Crippen LogP) is 0.769. The van der Waals surface area contributed by atoms with E-state index in [1.165, 1.54) is 20.2 Å². The highest BCUT2D eigenvalue weighted by atomic mass is 16.6. The summed E-state index contributed by atoms with van der Waals surface area (Å²) in [6.45, 7) is 0.603. The number of nitrogens with one attached hydrogen (secondary N) is 1. The van der Waals surface area contributed by atoms with Crippen molar-refractivity contribution in [2.45, 2.75) is 0 Å². The van der Waals surface area contributed by atoms with Crippen molar-refractivity contribution in [2.24, 2.45) is 0 Å². The number of ether oxygens (including phenoxy) is 4. The molecule has 0 aromatic heterocycles. The van der Waals surface area contributed by atoms with Crippen molar-refractivity contribution in [3.8, 4) is 17.2 Å². The molecular weight excluding hydrogens is 290 g/mol. The van der Waals surface area contributed by atoms with Gasteiger partial charge in [-0.1, -0.05) is 0 Å². The quantitative estimate of drug-likeness (QED) is 0.639. The van der Waals surface area contributed by atoms with E-state index < -0.39 is 5.97 Å². The number of benzene rings is 1. The Morgan fingerprint density at radius 3 is 2.82 bits per heavy atom. The third-order valence-electron chi connectivity index (χ3n) is 2.89. The molecule has 0 atom stereocenters. The fourth-order valence-electron chi connectivity index (χ4n) is 1.81. The van der Waals surface area contributed by atoms with E-state index in [0.29, 0.717) is 36.0 Å². The molecular formula is C15H17NO6. The smallest absolute Gasteiger partial charge is 0.331 e. The third-order valence-corrected chi connectivity index (χ3v) is 2.89. The van der Waals surface area contributed by atoms with Crippen LogP contribution in [0.5, 0.6) is 17.2 Å². The number of hydrogen-bond acceptors (Lipinski definition) is 6. The minimum Gasteiger partial charge on any atom is -0.493 e. The maximum atomic E-state index is 11.5. The van der Waals surface area contributed by atoms with Crippen LogP contribution in [0.1, 0.15) is 5.56 Å². The Labute approximate surface area is 127 Å². The summed E-state index contributed by atoms with van der Waals surface area (Å²) in [6, 6.07) is 3.45. The van der Waals surface area contributed by atoms with E-state index in [0.717, 1.165) is 0 Å². The number of amides is 1. The molecule has 1 aromatic carbocycles. The fourth-order valence-corrected chi connectivity index (χ4v) is 1.81. The molecule has 1 amide bonds. The van der Waals surface area contributed by atoms with Crippen molar-refractivity contribution in [2.75, 3.05) is 34.0 Å². The first-order chi connectivity index (χ1) is 10.6. The van der Waals surface area contributed by atoms with Gasteiger partial charge in [0.05, 0.1) is 7.11 Å². The Bertz CT molecular complexity index is 579. The molecule has 22 heavy (non-hydrogen) atoms. The molecule has 0 spiro atoms. The summed E-state index contributed by atoms with van der Waals surface area (Å²) in [5.41, 5.74) is 0.693. The second-order valence-corrected chi connectivity index (χ2v) is 4.36. The molecule has 0 saturated heterocycles. The van der Waals surface area contributed by atoms with Crippen LogP contribution in [0.25, 0.3) is 6.08 Å². The number of likely N-dealkylation sites (N-methyl/N-ethyl adjacent to an activating group) is 1. The molecule has 2 rings (SSSR count). The van der Waals surface area contributed by atoms with Crippen LogP contribution in [-0.4, -0.2) is 45.9 Å². The number of rotatable bonds is 5. The van der Waals surface area contributed by atoms with Crippen LogP contribution in [0.15, 0.2) is 18.2 Å². The molecule has 1 N–H and O–H groups in total. The predicted molar refractivity (Wildman–Crippen MR) is 78.0 cm³/mol. The molecule has 7 nitrogen and oxygen atoms in total. The van der Waals surface area contributed by atoms with Gasteiger partial charge in [0.2, 0.25) is 5.75 Å². The molecule has 0 radical (unpaired) electrons. The zero-order valence-corrected chi connectivity index (χ0v) is 12.4. The standard InChI is InChI=1S/C15H17NO6/c1-16-13(17)9-22-14(18)4-3-10-7-11(19-2)15-12(8-10)20-5-6-21-15/h3-4,7-8H,5-6,9H2,1-2H3,(H,16,17)/b4-3+. The molecule has 1 heterocycles. The molecule has 0 bridgehead atoms. The maximum absolute atomic E-state index is 11.5. The molecule has 0 saturated carbocycles. The SMILES string of the molecule is CNC(=O)COC(=O)/C=C/c1cc(OC)c2c(c1)OCCO2. The van der Waals surface area contributed by atoms with Crippen molar-refractivity contribution in [3.63, 3.8) is 0 Å². The lowest BCUT2D eigenvalue weighted by Gasteiger charge is -2.20. The highest BCUT2D eigenvalue weighted by Crippen LogP contribution is 2.40. The Morgan fingerprint density at radius 2 is 2.09 bits per heavy atom. The van der Waals surface area contributed by atoms with Gasteiger partial charge in [0.25, 0.3) is 5.91 Å². The summed E-state index contributed by atoms with van der Waals surface area (Å²) in [5, 5.41) is 2.36. The minimum atomic E-state index is -0.613. The van der Waals surface area contributed by atoms with Gasteiger partial charge in [-0.15, -0.1) is 0 Å². The zero-order chi connectivity index (χ0) is 15.9. The maximum Gasteiger partial charge on any atom is 0.331 e. The van der Waals surface area contributed by atoms with Gasteiger partial charge in [-0.05, 0) is 23.8 Å². The van der Waals surface area contributed by atoms with Crippen molar-refractivity contribution in [1.82, 2.24) is 5.32 Å². The van der Waals surface area contributed by atoms with Gasteiger partial charge in [-0.3, -0.25) is 4.79 Å². The average Bonchev–Trinajstić information content (AvgIpc) is 2.56. The molecule has 1 aliphatic rings. The zero-order valence-electron chi connectivity index (χ0n) is 12.4. The first-order valence-corrected chi connectivity index (χ1v) is 6.67. The van der Waals surface area contributed by atoms with Crippen LogP contribution < -0.4 is 19.5 Å². The molecule has 1 aromatic rings. The van der Waals surface area contributed by atoms with Crippen molar-refractivity contribution in [3.05, 3.63) is 23.8 Å². The third kappa shape index (κ3) is 3.91. The van der Waals surface area contributed by atoms with E-state index in [1.807, 2.05) is 0 Å². The van der Waals surface area contributed by atoms with Crippen LogP contribution in [-0.2, 0) is 14.3 Å². The van der Waals surface area contributed by atoms with Crippen LogP contribution >= 0.6 is 0 Å². The van der Waals surface area contributed by atoms with Crippen LogP contribution in [0.2, 0.25) is 0 Å². The van der Waals surface area contributed by atoms with Crippen molar-refractivity contribution >= 4 is 18.0 Å². The Balaban J connectivity index is 2.07. The molecule has 1 aliphatic heterocycles.